The molecule has 1 aliphatic heterocycles. The fraction of sp³-hybridized carbons (Fsp3) is 0.467. The van der Waals surface area contributed by atoms with Crippen LogP contribution in [-0.2, 0) is 11.3 Å². The summed E-state index contributed by atoms with van der Waals surface area (Å²) in [6.45, 7) is 5.91. The highest BCUT2D eigenvalue weighted by Crippen LogP contribution is 2.14. The maximum atomic E-state index is 12.6. The highest BCUT2D eigenvalue weighted by atomic mass is 35.5. The molecule has 3 heterocycles. The Morgan fingerprint density at radius 1 is 1.48 bits per heavy atom. The average molecular weight is 336 g/mol. The van der Waals surface area contributed by atoms with E-state index in [1.807, 2.05) is 18.5 Å². The van der Waals surface area contributed by atoms with Gasteiger partial charge in [0.15, 0.2) is 0 Å². The third-order valence-corrected chi connectivity index (χ3v) is 3.95. The molecule has 0 bridgehead atoms. The Morgan fingerprint density at radius 3 is 3.00 bits per heavy atom. The summed E-state index contributed by atoms with van der Waals surface area (Å²) in [6, 6.07) is 3.25. The van der Waals surface area contributed by atoms with Crippen molar-refractivity contribution in [2.75, 3.05) is 19.7 Å². The van der Waals surface area contributed by atoms with E-state index >= 15 is 0 Å². The van der Waals surface area contributed by atoms with Crippen LogP contribution in [0, 0.1) is 13.8 Å². The van der Waals surface area contributed by atoms with Gasteiger partial charge in [-0.15, -0.1) is 0 Å². The van der Waals surface area contributed by atoms with E-state index in [0.29, 0.717) is 37.0 Å². The quantitative estimate of drug-likeness (QED) is 0.794. The van der Waals surface area contributed by atoms with Gasteiger partial charge in [-0.05, 0) is 26.0 Å². The van der Waals surface area contributed by atoms with Crippen molar-refractivity contribution in [3.8, 4) is 0 Å². The Bertz CT molecular complexity index is 718. The maximum absolute atomic E-state index is 12.6. The van der Waals surface area contributed by atoms with E-state index in [1.54, 1.807) is 17.0 Å². The van der Waals surface area contributed by atoms with E-state index in [4.69, 9.17) is 16.3 Å². The van der Waals surface area contributed by atoms with Crippen LogP contribution in [0.3, 0.4) is 0 Å². The van der Waals surface area contributed by atoms with Crippen molar-refractivity contribution in [1.29, 1.82) is 0 Å². The average Bonchev–Trinajstić information content (AvgIpc) is 2.84. The number of morpholine rings is 1. The van der Waals surface area contributed by atoms with Crippen molar-refractivity contribution in [1.82, 2.24) is 24.6 Å². The second-order valence-corrected chi connectivity index (χ2v) is 5.89. The lowest BCUT2D eigenvalue weighted by Crippen LogP contribution is -2.47. The molecule has 1 atom stereocenters. The molecule has 0 radical (unpaired) electrons. The summed E-state index contributed by atoms with van der Waals surface area (Å²) in [6.07, 6.45) is 1.43. The zero-order valence-corrected chi connectivity index (χ0v) is 13.8. The third kappa shape index (κ3) is 3.68. The molecular formula is C15H18ClN5O2. The number of halogens is 1. The van der Waals surface area contributed by atoms with Crippen molar-refractivity contribution < 1.29 is 9.53 Å². The number of ether oxygens (including phenoxy) is 1. The largest absolute Gasteiger partial charge is 0.373 e. The molecule has 23 heavy (non-hydrogen) atoms. The molecule has 7 nitrogen and oxygen atoms in total. The Balaban J connectivity index is 1.68. The van der Waals surface area contributed by atoms with Crippen molar-refractivity contribution in [2.45, 2.75) is 26.5 Å². The van der Waals surface area contributed by atoms with E-state index in [9.17, 15) is 4.79 Å². The number of aromatic nitrogens is 4. The van der Waals surface area contributed by atoms with Crippen LogP contribution in [0.1, 0.15) is 22.0 Å². The van der Waals surface area contributed by atoms with E-state index in [1.165, 1.54) is 6.20 Å². The molecular weight excluding hydrogens is 318 g/mol. The lowest BCUT2D eigenvalue weighted by atomic mass is 10.2. The van der Waals surface area contributed by atoms with Gasteiger partial charge in [0.05, 0.1) is 19.3 Å². The second kappa shape index (κ2) is 6.64. The number of aryl methyl sites for hydroxylation is 2. The molecule has 1 amide bonds. The number of hydrogen-bond acceptors (Lipinski definition) is 5. The van der Waals surface area contributed by atoms with Gasteiger partial charge >= 0.3 is 0 Å². The van der Waals surface area contributed by atoms with Crippen LogP contribution in [0.4, 0.5) is 0 Å². The molecule has 0 saturated carbocycles. The SMILES string of the molecule is Cc1nc(C)n(C[C@@H]2CN(C(=O)c3ccnc(Cl)c3)CCO2)n1. The van der Waals surface area contributed by atoms with Crippen LogP contribution in [0.5, 0.6) is 0 Å². The molecule has 0 spiro atoms. The van der Waals surface area contributed by atoms with Crippen molar-refractivity contribution in [3.05, 3.63) is 40.7 Å². The van der Waals surface area contributed by atoms with Crippen molar-refractivity contribution in [3.63, 3.8) is 0 Å². The van der Waals surface area contributed by atoms with Gasteiger partial charge in [0, 0.05) is 24.8 Å². The minimum absolute atomic E-state index is 0.0610. The Labute approximate surface area is 139 Å². The highest BCUT2D eigenvalue weighted by Gasteiger charge is 2.26. The summed E-state index contributed by atoms with van der Waals surface area (Å²) in [5.41, 5.74) is 0.540. The Hall–Kier alpha value is -1.99. The monoisotopic (exact) mass is 335 g/mol. The lowest BCUT2D eigenvalue weighted by molar-refractivity contribution is -0.0303. The number of amides is 1. The van der Waals surface area contributed by atoms with Crippen LogP contribution < -0.4 is 0 Å². The van der Waals surface area contributed by atoms with Crippen molar-refractivity contribution in [2.24, 2.45) is 0 Å². The van der Waals surface area contributed by atoms with Crippen LogP contribution in [0.2, 0.25) is 5.15 Å². The number of carbonyl (C=O) groups excluding carboxylic acids is 1. The minimum atomic E-state index is -0.107. The molecule has 122 valence electrons. The second-order valence-electron chi connectivity index (χ2n) is 5.50. The highest BCUT2D eigenvalue weighted by molar-refractivity contribution is 6.29. The van der Waals surface area contributed by atoms with Gasteiger partial charge in [0.2, 0.25) is 0 Å². The predicted molar refractivity (Wildman–Crippen MR) is 84.4 cm³/mol. The van der Waals surface area contributed by atoms with E-state index in [0.717, 1.165) is 11.6 Å². The summed E-state index contributed by atoms with van der Waals surface area (Å²) in [5.74, 6) is 1.52. The van der Waals surface area contributed by atoms with E-state index < -0.39 is 0 Å². The van der Waals surface area contributed by atoms with Crippen molar-refractivity contribution >= 4 is 17.5 Å². The molecule has 8 heteroatoms. The Kier molecular flexibility index (Phi) is 4.58. The maximum Gasteiger partial charge on any atom is 0.254 e. The van der Waals surface area contributed by atoms with Gasteiger partial charge in [-0.25, -0.2) is 14.6 Å². The first-order chi connectivity index (χ1) is 11.0. The zero-order valence-electron chi connectivity index (χ0n) is 13.1. The molecule has 1 saturated heterocycles. The van der Waals surface area contributed by atoms with E-state index in [2.05, 4.69) is 15.1 Å². The number of pyridine rings is 1. The molecule has 0 N–H and O–H groups in total. The van der Waals surface area contributed by atoms with Crippen LogP contribution in [0.15, 0.2) is 18.3 Å². The van der Waals surface area contributed by atoms with Gasteiger partial charge in [0.25, 0.3) is 5.91 Å². The van der Waals surface area contributed by atoms with Gasteiger partial charge in [0.1, 0.15) is 16.8 Å². The first-order valence-corrected chi connectivity index (χ1v) is 7.81. The molecule has 2 aromatic heterocycles. The molecule has 2 aromatic rings. The molecule has 1 fully saturated rings. The van der Waals surface area contributed by atoms with Gasteiger partial charge in [-0.2, -0.15) is 5.10 Å². The topological polar surface area (TPSA) is 73.1 Å². The summed E-state index contributed by atoms with van der Waals surface area (Å²) < 4.78 is 7.58. The first-order valence-electron chi connectivity index (χ1n) is 7.43. The predicted octanol–water partition coefficient (Wildman–Crippen LogP) is 1.48. The minimum Gasteiger partial charge on any atom is -0.373 e. The third-order valence-electron chi connectivity index (χ3n) is 3.74. The van der Waals surface area contributed by atoms with Gasteiger partial charge in [-0.3, -0.25) is 4.79 Å². The number of carbonyl (C=O) groups is 1. The summed E-state index contributed by atoms with van der Waals surface area (Å²) in [4.78, 5) is 22.5. The molecule has 0 unspecified atom stereocenters. The summed E-state index contributed by atoms with van der Waals surface area (Å²) in [7, 11) is 0. The van der Waals surface area contributed by atoms with Crippen LogP contribution >= 0.6 is 11.6 Å². The van der Waals surface area contributed by atoms with E-state index in [-0.39, 0.29) is 12.0 Å². The fourth-order valence-corrected chi connectivity index (χ4v) is 2.83. The van der Waals surface area contributed by atoms with Gasteiger partial charge in [-0.1, -0.05) is 11.6 Å². The molecule has 0 aromatic carbocycles. The smallest absolute Gasteiger partial charge is 0.254 e. The Morgan fingerprint density at radius 2 is 2.30 bits per heavy atom. The van der Waals surface area contributed by atoms with Crippen LogP contribution in [-0.4, -0.2) is 56.4 Å². The first kappa shape index (κ1) is 15.9. The number of rotatable bonds is 3. The van der Waals surface area contributed by atoms with Gasteiger partial charge < -0.3 is 9.64 Å². The molecule has 3 rings (SSSR count). The lowest BCUT2D eigenvalue weighted by Gasteiger charge is -2.33. The van der Waals surface area contributed by atoms with Crippen LogP contribution in [0.25, 0.3) is 0 Å². The summed E-state index contributed by atoms with van der Waals surface area (Å²) in [5, 5.41) is 4.65. The fourth-order valence-electron chi connectivity index (χ4n) is 2.66. The summed E-state index contributed by atoms with van der Waals surface area (Å²) >= 11 is 5.86. The zero-order chi connectivity index (χ0) is 16.4. The molecule has 0 aliphatic carbocycles. The standard InChI is InChI=1S/C15H18ClN5O2/c1-10-18-11(2)21(19-10)9-13-8-20(5-6-23-13)15(22)12-3-4-17-14(16)7-12/h3-4,7,13H,5-6,8-9H2,1-2H3/t13-/m0/s1. The number of nitrogens with zero attached hydrogens (tertiary/aromatic N) is 5. The molecule has 1 aliphatic rings. The normalized spacial score (nSPS) is 18.2. The number of hydrogen-bond donors (Lipinski definition) is 0.